The SMILES string of the molecule is C#CC(NC(=O)C1NCCCC1(C)C)C(C)C. The van der Waals surface area contributed by atoms with Crippen molar-refractivity contribution >= 4 is 5.91 Å². The van der Waals surface area contributed by atoms with E-state index in [2.05, 4.69) is 30.4 Å². The predicted octanol–water partition coefficient (Wildman–Crippen LogP) is 1.54. The van der Waals surface area contributed by atoms with E-state index in [0.29, 0.717) is 0 Å². The molecule has 0 aromatic carbocycles. The van der Waals surface area contributed by atoms with E-state index < -0.39 is 0 Å². The van der Waals surface area contributed by atoms with Crippen molar-refractivity contribution in [2.45, 2.75) is 52.6 Å². The van der Waals surface area contributed by atoms with E-state index in [1.165, 1.54) is 0 Å². The monoisotopic (exact) mass is 236 g/mol. The molecule has 1 fully saturated rings. The highest BCUT2D eigenvalue weighted by molar-refractivity contribution is 5.83. The van der Waals surface area contributed by atoms with Crippen molar-refractivity contribution in [3.05, 3.63) is 0 Å². The average Bonchev–Trinajstić information content (AvgIpc) is 2.24. The molecular formula is C14H24N2O. The lowest BCUT2D eigenvalue weighted by atomic mass is 9.77. The maximum atomic E-state index is 12.2. The lowest BCUT2D eigenvalue weighted by Crippen LogP contribution is -2.57. The van der Waals surface area contributed by atoms with Gasteiger partial charge in [-0.05, 0) is 30.7 Å². The Hall–Kier alpha value is -1.01. The number of nitrogens with one attached hydrogen (secondary N) is 2. The third-order valence-electron chi connectivity index (χ3n) is 3.53. The number of hydrogen-bond acceptors (Lipinski definition) is 2. The summed E-state index contributed by atoms with van der Waals surface area (Å²) in [7, 11) is 0. The highest BCUT2D eigenvalue weighted by Crippen LogP contribution is 2.30. The molecule has 0 radical (unpaired) electrons. The van der Waals surface area contributed by atoms with Gasteiger partial charge in [0.1, 0.15) is 0 Å². The van der Waals surface area contributed by atoms with Gasteiger partial charge in [0, 0.05) is 0 Å². The summed E-state index contributed by atoms with van der Waals surface area (Å²) in [5.41, 5.74) is -0.00153. The van der Waals surface area contributed by atoms with Crippen LogP contribution in [0.25, 0.3) is 0 Å². The summed E-state index contributed by atoms with van der Waals surface area (Å²) in [6, 6.07) is -0.312. The van der Waals surface area contributed by atoms with Gasteiger partial charge in [-0.3, -0.25) is 4.79 Å². The minimum atomic E-state index is -0.179. The lowest BCUT2D eigenvalue weighted by Gasteiger charge is -2.38. The second-order valence-corrected chi connectivity index (χ2v) is 5.88. The minimum absolute atomic E-state index is 0.00153. The Labute approximate surface area is 105 Å². The lowest BCUT2D eigenvalue weighted by molar-refractivity contribution is -0.127. The van der Waals surface area contributed by atoms with Crippen molar-refractivity contribution in [2.24, 2.45) is 11.3 Å². The van der Waals surface area contributed by atoms with Crippen LogP contribution in [0.4, 0.5) is 0 Å². The first-order chi connectivity index (χ1) is 7.88. The summed E-state index contributed by atoms with van der Waals surface area (Å²) in [6.45, 7) is 9.20. The first-order valence-electron chi connectivity index (χ1n) is 6.38. The van der Waals surface area contributed by atoms with Gasteiger partial charge in [-0.15, -0.1) is 6.42 Å². The van der Waals surface area contributed by atoms with Gasteiger partial charge in [-0.1, -0.05) is 33.6 Å². The second kappa shape index (κ2) is 5.55. The Morgan fingerprint density at radius 1 is 1.53 bits per heavy atom. The second-order valence-electron chi connectivity index (χ2n) is 5.88. The number of piperidine rings is 1. The van der Waals surface area contributed by atoms with E-state index in [1.54, 1.807) is 0 Å². The quantitative estimate of drug-likeness (QED) is 0.730. The molecule has 0 aliphatic carbocycles. The Morgan fingerprint density at radius 2 is 2.18 bits per heavy atom. The summed E-state index contributed by atoms with van der Waals surface area (Å²) in [5, 5.41) is 6.25. The van der Waals surface area contributed by atoms with Crippen molar-refractivity contribution in [1.82, 2.24) is 10.6 Å². The Morgan fingerprint density at radius 3 is 2.65 bits per heavy atom. The van der Waals surface area contributed by atoms with Crippen LogP contribution in [0.3, 0.4) is 0 Å². The molecule has 2 atom stereocenters. The van der Waals surface area contributed by atoms with E-state index >= 15 is 0 Å². The fourth-order valence-electron chi connectivity index (χ4n) is 2.30. The van der Waals surface area contributed by atoms with Crippen LogP contribution < -0.4 is 10.6 Å². The predicted molar refractivity (Wildman–Crippen MR) is 70.4 cm³/mol. The molecule has 1 heterocycles. The van der Waals surface area contributed by atoms with Crippen LogP contribution in [-0.2, 0) is 4.79 Å². The van der Waals surface area contributed by atoms with Gasteiger partial charge < -0.3 is 10.6 Å². The summed E-state index contributed by atoms with van der Waals surface area (Å²) in [6.07, 6.45) is 7.63. The summed E-state index contributed by atoms with van der Waals surface area (Å²) < 4.78 is 0. The largest absolute Gasteiger partial charge is 0.341 e. The van der Waals surface area contributed by atoms with E-state index in [0.717, 1.165) is 19.4 Å². The molecule has 1 saturated heterocycles. The fraction of sp³-hybridized carbons (Fsp3) is 0.786. The molecule has 0 saturated carbocycles. The number of carbonyl (C=O) groups is 1. The number of carbonyl (C=O) groups excluding carboxylic acids is 1. The molecule has 2 N–H and O–H groups in total. The number of hydrogen-bond donors (Lipinski definition) is 2. The Bertz CT molecular complexity index is 315. The van der Waals surface area contributed by atoms with Crippen LogP contribution in [0.2, 0.25) is 0 Å². The van der Waals surface area contributed by atoms with Crippen molar-refractivity contribution in [3.8, 4) is 12.3 Å². The Kier molecular flexibility index (Phi) is 4.59. The van der Waals surface area contributed by atoms with E-state index in [1.807, 2.05) is 13.8 Å². The molecule has 1 amide bonds. The molecule has 0 aromatic rings. The Balaban J connectivity index is 2.66. The molecule has 3 nitrogen and oxygen atoms in total. The molecule has 1 rings (SSSR count). The third kappa shape index (κ3) is 3.47. The number of amides is 1. The smallest absolute Gasteiger partial charge is 0.238 e. The molecule has 2 unspecified atom stereocenters. The summed E-state index contributed by atoms with van der Waals surface area (Å²) >= 11 is 0. The van der Waals surface area contributed by atoms with Gasteiger partial charge in [0.2, 0.25) is 5.91 Å². The van der Waals surface area contributed by atoms with Gasteiger partial charge >= 0.3 is 0 Å². The standard InChI is InChI=1S/C14H24N2O/c1-6-11(10(2)3)16-13(17)12-14(4,5)8-7-9-15-12/h1,10-12,15H,7-9H2,2-5H3,(H,16,17). The third-order valence-corrected chi connectivity index (χ3v) is 3.53. The number of rotatable bonds is 3. The van der Waals surface area contributed by atoms with Gasteiger partial charge in [0.05, 0.1) is 12.1 Å². The zero-order valence-corrected chi connectivity index (χ0v) is 11.3. The molecule has 1 aliphatic rings. The molecule has 0 aromatic heterocycles. The summed E-state index contributed by atoms with van der Waals surface area (Å²) in [4.78, 5) is 12.2. The molecular weight excluding hydrogens is 212 g/mol. The van der Waals surface area contributed by atoms with Crippen LogP contribution >= 0.6 is 0 Å². The van der Waals surface area contributed by atoms with E-state index in [9.17, 15) is 4.79 Å². The van der Waals surface area contributed by atoms with Crippen molar-refractivity contribution < 1.29 is 4.79 Å². The molecule has 96 valence electrons. The topological polar surface area (TPSA) is 41.1 Å². The number of terminal acetylenes is 1. The maximum Gasteiger partial charge on any atom is 0.238 e. The van der Waals surface area contributed by atoms with Crippen molar-refractivity contribution in [3.63, 3.8) is 0 Å². The van der Waals surface area contributed by atoms with Crippen LogP contribution in [0.5, 0.6) is 0 Å². The normalized spacial score (nSPS) is 25.1. The minimum Gasteiger partial charge on any atom is -0.341 e. The molecule has 0 bridgehead atoms. The summed E-state index contributed by atoms with van der Waals surface area (Å²) in [5.74, 6) is 2.93. The molecule has 0 spiro atoms. The van der Waals surface area contributed by atoms with Crippen molar-refractivity contribution in [1.29, 1.82) is 0 Å². The molecule has 3 heteroatoms. The van der Waals surface area contributed by atoms with Crippen LogP contribution in [-0.4, -0.2) is 24.5 Å². The molecule has 17 heavy (non-hydrogen) atoms. The van der Waals surface area contributed by atoms with Gasteiger partial charge in [0.15, 0.2) is 0 Å². The first kappa shape index (κ1) is 14.1. The van der Waals surface area contributed by atoms with Gasteiger partial charge in [0.25, 0.3) is 0 Å². The van der Waals surface area contributed by atoms with Crippen LogP contribution in [0.1, 0.15) is 40.5 Å². The highest BCUT2D eigenvalue weighted by Gasteiger charge is 2.37. The van der Waals surface area contributed by atoms with Crippen LogP contribution in [0, 0.1) is 23.7 Å². The zero-order chi connectivity index (χ0) is 13.1. The van der Waals surface area contributed by atoms with Gasteiger partial charge in [-0.2, -0.15) is 0 Å². The van der Waals surface area contributed by atoms with E-state index in [4.69, 9.17) is 6.42 Å². The van der Waals surface area contributed by atoms with Crippen molar-refractivity contribution in [2.75, 3.05) is 6.54 Å². The highest BCUT2D eigenvalue weighted by atomic mass is 16.2. The average molecular weight is 236 g/mol. The first-order valence-corrected chi connectivity index (χ1v) is 6.38. The fourth-order valence-corrected chi connectivity index (χ4v) is 2.30. The van der Waals surface area contributed by atoms with Crippen LogP contribution in [0.15, 0.2) is 0 Å². The van der Waals surface area contributed by atoms with Gasteiger partial charge in [-0.25, -0.2) is 0 Å². The maximum absolute atomic E-state index is 12.2. The molecule has 1 aliphatic heterocycles. The van der Waals surface area contributed by atoms with E-state index in [-0.39, 0.29) is 29.3 Å². The zero-order valence-electron chi connectivity index (χ0n) is 11.3.